The van der Waals surface area contributed by atoms with E-state index in [1.54, 1.807) is 23.1 Å². The van der Waals surface area contributed by atoms with E-state index >= 15 is 0 Å². The lowest BCUT2D eigenvalue weighted by Gasteiger charge is -2.31. The normalized spacial score (nSPS) is 17.5. The topological polar surface area (TPSA) is 60.2 Å². The van der Waals surface area contributed by atoms with Crippen LogP contribution in [0.2, 0.25) is 0 Å². The molecule has 3 heterocycles. The van der Waals surface area contributed by atoms with Crippen molar-refractivity contribution in [3.8, 4) is 17.2 Å². The molecule has 0 bridgehead atoms. The van der Waals surface area contributed by atoms with Crippen LogP contribution in [0.5, 0.6) is 0 Å². The second-order valence-corrected chi connectivity index (χ2v) is 8.86. The van der Waals surface area contributed by atoms with E-state index in [9.17, 15) is 31.1 Å². The minimum atomic E-state index is -4.80. The summed E-state index contributed by atoms with van der Waals surface area (Å²) in [4.78, 5) is 19.3. The van der Waals surface area contributed by atoms with Crippen LogP contribution in [-0.4, -0.2) is 22.0 Å². The second kappa shape index (κ2) is 8.55. The molecule has 0 saturated carbocycles. The van der Waals surface area contributed by atoms with Crippen LogP contribution >= 0.6 is 12.2 Å². The highest BCUT2D eigenvalue weighted by molar-refractivity contribution is 7.81. The molecule has 2 aliphatic rings. The molecule has 5 rings (SSSR count). The fraction of sp³-hybridized carbons (Fsp3) is 0.200. The first-order valence-electron chi connectivity index (χ1n) is 10.8. The number of amides is 1. The van der Waals surface area contributed by atoms with Gasteiger partial charge in [0.2, 0.25) is 0 Å². The summed E-state index contributed by atoms with van der Waals surface area (Å²) < 4.78 is 79.0. The van der Waals surface area contributed by atoms with Crippen molar-refractivity contribution in [1.82, 2.24) is 4.98 Å². The number of aromatic nitrogens is 1. The molecule has 1 unspecified atom stereocenters. The van der Waals surface area contributed by atoms with Gasteiger partial charge >= 0.3 is 12.4 Å². The van der Waals surface area contributed by atoms with E-state index in [2.05, 4.69) is 4.98 Å². The van der Waals surface area contributed by atoms with Gasteiger partial charge in [-0.15, -0.1) is 0 Å². The third kappa shape index (κ3) is 4.19. The fourth-order valence-electron chi connectivity index (χ4n) is 4.58. The highest BCUT2D eigenvalue weighted by atomic mass is 32.1. The lowest BCUT2D eigenvalue weighted by atomic mass is 9.93. The van der Waals surface area contributed by atoms with E-state index in [1.807, 2.05) is 0 Å². The minimum Gasteiger partial charge on any atom is -0.305 e. The number of hydrogen-bond donors (Lipinski definition) is 0. The summed E-state index contributed by atoms with van der Waals surface area (Å²) in [5.74, 6) is -0.482. The van der Waals surface area contributed by atoms with E-state index in [1.165, 1.54) is 18.2 Å². The van der Waals surface area contributed by atoms with Crippen LogP contribution in [0.15, 0.2) is 54.7 Å². The number of fused-ring (bicyclic) bond motifs is 3. The molecule has 2 aliphatic heterocycles. The molecule has 37 heavy (non-hydrogen) atoms. The monoisotopic (exact) mass is 532 g/mol. The van der Waals surface area contributed by atoms with E-state index in [4.69, 9.17) is 17.5 Å². The molecule has 1 aromatic heterocycles. The zero-order chi connectivity index (χ0) is 26.7. The summed E-state index contributed by atoms with van der Waals surface area (Å²) in [7, 11) is 0. The fourth-order valence-corrected chi connectivity index (χ4v) is 5.01. The average Bonchev–Trinajstić information content (AvgIpc) is 3.12. The number of anilines is 2. The highest BCUT2D eigenvalue weighted by Gasteiger charge is 2.47. The molecule has 188 valence electrons. The van der Waals surface area contributed by atoms with Crippen molar-refractivity contribution in [3.05, 3.63) is 77.1 Å². The second-order valence-electron chi connectivity index (χ2n) is 8.49. The van der Waals surface area contributed by atoms with Crippen LogP contribution in [-0.2, 0) is 23.6 Å². The van der Waals surface area contributed by atoms with Gasteiger partial charge in [-0.2, -0.15) is 31.6 Å². The number of thiocarbonyl (C=S) groups is 1. The number of alkyl halides is 6. The van der Waals surface area contributed by atoms with Crippen LogP contribution < -0.4 is 9.80 Å². The third-order valence-corrected chi connectivity index (χ3v) is 6.69. The van der Waals surface area contributed by atoms with Crippen molar-refractivity contribution >= 4 is 34.6 Å². The Labute approximate surface area is 211 Å². The average molecular weight is 532 g/mol. The molecular formula is C25H14F6N4OS. The Bertz CT molecular complexity index is 1480. The Morgan fingerprint density at radius 3 is 2.32 bits per heavy atom. The van der Waals surface area contributed by atoms with E-state index in [-0.39, 0.29) is 10.8 Å². The Balaban J connectivity index is 1.49. The highest BCUT2D eigenvalue weighted by Crippen LogP contribution is 2.41. The number of rotatable bonds is 2. The zero-order valence-corrected chi connectivity index (χ0v) is 19.4. The molecule has 1 atom stereocenters. The van der Waals surface area contributed by atoms with Crippen molar-refractivity contribution in [2.75, 3.05) is 9.80 Å². The van der Waals surface area contributed by atoms with Gasteiger partial charge in [0.25, 0.3) is 5.91 Å². The number of benzene rings is 2. The van der Waals surface area contributed by atoms with Gasteiger partial charge in [-0.05, 0) is 72.6 Å². The Morgan fingerprint density at radius 2 is 1.70 bits per heavy atom. The molecule has 0 spiro atoms. The predicted molar refractivity (Wildman–Crippen MR) is 126 cm³/mol. The summed E-state index contributed by atoms with van der Waals surface area (Å²) in [5, 5.41) is 9.05. The lowest BCUT2D eigenvalue weighted by Crippen LogP contribution is -2.39. The first-order chi connectivity index (χ1) is 17.4. The first kappa shape index (κ1) is 24.7. The minimum absolute atomic E-state index is 0.00210. The molecule has 0 N–H and O–H groups in total. The van der Waals surface area contributed by atoms with Gasteiger partial charge in [0.1, 0.15) is 11.7 Å². The van der Waals surface area contributed by atoms with Crippen LogP contribution in [0, 0.1) is 11.3 Å². The van der Waals surface area contributed by atoms with Gasteiger partial charge in [-0.25, -0.2) is 0 Å². The molecule has 1 amide bonds. The van der Waals surface area contributed by atoms with Gasteiger partial charge < -0.3 is 4.90 Å². The largest absolute Gasteiger partial charge is 0.433 e. The molecule has 1 fully saturated rings. The molecule has 12 heteroatoms. The predicted octanol–water partition coefficient (Wildman–Crippen LogP) is 6.11. The first-order valence-corrected chi connectivity index (χ1v) is 11.3. The van der Waals surface area contributed by atoms with E-state index in [0.717, 1.165) is 34.9 Å². The summed E-state index contributed by atoms with van der Waals surface area (Å²) in [6.07, 6.45) is -7.44. The number of halogens is 6. The summed E-state index contributed by atoms with van der Waals surface area (Å²) in [5.41, 5.74) is -0.373. The summed E-state index contributed by atoms with van der Waals surface area (Å²) in [6.45, 7) is 0. The standard InChI is InChI=1S/C25H14F6N4OS/c26-24(27,28)18-10-17(5-1-15(18)11-32)34-22(36)20-7-3-14-9-13(2-6-19(14)35(20)23(34)37)16-4-8-21(33-12-16)25(29,30)31/h1-2,4-6,8-10,12,20H,3,7H2. The van der Waals surface area contributed by atoms with Crippen molar-refractivity contribution in [2.45, 2.75) is 31.2 Å². The lowest BCUT2D eigenvalue weighted by molar-refractivity contribution is -0.141. The zero-order valence-electron chi connectivity index (χ0n) is 18.6. The van der Waals surface area contributed by atoms with Gasteiger partial charge in [0, 0.05) is 17.4 Å². The Morgan fingerprint density at radius 1 is 0.973 bits per heavy atom. The molecule has 1 saturated heterocycles. The van der Waals surface area contributed by atoms with E-state index < -0.39 is 41.1 Å². The quantitative estimate of drug-likeness (QED) is 0.295. The molecule has 0 radical (unpaired) electrons. The van der Waals surface area contributed by atoms with Crippen molar-refractivity contribution < 1.29 is 31.1 Å². The summed E-state index contributed by atoms with van der Waals surface area (Å²) >= 11 is 5.52. The van der Waals surface area contributed by atoms with Crippen LogP contribution in [0.25, 0.3) is 11.1 Å². The van der Waals surface area contributed by atoms with Crippen molar-refractivity contribution in [2.24, 2.45) is 0 Å². The van der Waals surface area contributed by atoms with Gasteiger partial charge in [0.15, 0.2) is 5.11 Å². The number of carbonyl (C=O) groups excluding carboxylic acids is 1. The van der Waals surface area contributed by atoms with Crippen LogP contribution in [0.4, 0.5) is 37.7 Å². The number of pyridine rings is 1. The molecule has 2 aromatic carbocycles. The number of hydrogen-bond acceptors (Lipinski definition) is 4. The van der Waals surface area contributed by atoms with Gasteiger partial charge in [-0.1, -0.05) is 12.1 Å². The SMILES string of the molecule is N#Cc1ccc(N2C(=O)C3CCc4cc(-c5ccc(C(F)(F)F)nc5)ccc4N3C2=S)cc1C(F)(F)F. The van der Waals surface area contributed by atoms with Gasteiger partial charge in [-0.3, -0.25) is 14.7 Å². The van der Waals surface area contributed by atoms with Crippen molar-refractivity contribution in [3.63, 3.8) is 0 Å². The molecule has 0 aliphatic carbocycles. The van der Waals surface area contributed by atoms with Gasteiger partial charge in [0.05, 0.1) is 22.9 Å². The maximum Gasteiger partial charge on any atom is 0.433 e. The number of aryl methyl sites for hydroxylation is 1. The molecule has 5 nitrogen and oxygen atoms in total. The third-order valence-electron chi connectivity index (χ3n) is 6.32. The smallest absolute Gasteiger partial charge is 0.305 e. The Kier molecular flexibility index (Phi) is 5.71. The summed E-state index contributed by atoms with van der Waals surface area (Å²) in [6, 6.07) is 11.1. The maximum absolute atomic E-state index is 13.5. The molecule has 3 aromatic rings. The maximum atomic E-state index is 13.5. The number of nitrogens with zero attached hydrogens (tertiary/aromatic N) is 4. The Hall–Kier alpha value is -3.98. The number of nitriles is 1. The van der Waals surface area contributed by atoms with Crippen molar-refractivity contribution in [1.29, 1.82) is 5.26 Å². The number of carbonyl (C=O) groups is 1. The van der Waals surface area contributed by atoms with E-state index in [0.29, 0.717) is 29.7 Å². The molecular weight excluding hydrogens is 518 g/mol. The van der Waals surface area contributed by atoms with Crippen LogP contribution in [0.3, 0.4) is 0 Å². The van der Waals surface area contributed by atoms with Crippen LogP contribution in [0.1, 0.15) is 28.8 Å².